The van der Waals surface area contributed by atoms with Gasteiger partial charge in [-0.2, -0.15) is 0 Å². The molecule has 2 aromatic carbocycles. The van der Waals surface area contributed by atoms with Gasteiger partial charge in [0, 0.05) is 6.54 Å². The second-order valence-corrected chi connectivity index (χ2v) is 4.87. The maximum atomic E-state index is 12.7. The van der Waals surface area contributed by atoms with Gasteiger partial charge in [-0.1, -0.05) is 24.3 Å². The average Bonchev–Trinajstić information content (AvgIpc) is 2.54. The Bertz CT molecular complexity index is 669. The van der Waals surface area contributed by atoms with Crippen LogP contribution >= 0.6 is 0 Å². The summed E-state index contributed by atoms with van der Waals surface area (Å²) in [5.74, 6) is -1.77. The summed E-state index contributed by atoms with van der Waals surface area (Å²) < 4.78 is 30.3. The van der Waals surface area contributed by atoms with Crippen molar-refractivity contribution in [2.24, 2.45) is 0 Å². The SMILES string of the molecule is O=C(COC(=O)Cc1ccc(F)cc1)NCc1ccc(F)cc1. The highest BCUT2D eigenvalue weighted by molar-refractivity contribution is 5.81. The molecule has 0 saturated carbocycles. The van der Waals surface area contributed by atoms with Crippen LogP contribution in [0.5, 0.6) is 0 Å². The van der Waals surface area contributed by atoms with Crippen LogP contribution in [0.25, 0.3) is 0 Å². The van der Waals surface area contributed by atoms with E-state index in [1.807, 2.05) is 0 Å². The van der Waals surface area contributed by atoms with E-state index >= 15 is 0 Å². The molecule has 6 heteroatoms. The van der Waals surface area contributed by atoms with Gasteiger partial charge in [-0.3, -0.25) is 9.59 Å². The predicted molar refractivity (Wildman–Crippen MR) is 79.3 cm³/mol. The van der Waals surface area contributed by atoms with Crippen LogP contribution in [0.2, 0.25) is 0 Å². The molecule has 1 amide bonds. The summed E-state index contributed by atoms with van der Waals surface area (Å²) in [4.78, 5) is 23.1. The van der Waals surface area contributed by atoms with Gasteiger partial charge < -0.3 is 10.1 Å². The number of carbonyl (C=O) groups excluding carboxylic acids is 2. The van der Waals surface area contributed by atoms with Gasteiger partial charge in [-0.25, -0.2) is 8.78 Å². The first-order valence-electron chi connectivity index (χ1n) is 6.94. The van der Waals surface area contributed by atoms with Crippen molar-refractivity contribution in [2.45, 2.75) is 13.0 Å². The van der Waals surface area contributed by atoms with Crippen LogP contribution in [-0.2, 0) is 27.3 Å². The van der Waals surface area contributed by atoms with Crippen LogP contribution in [0.1, 0.15) is 11.1 Å². The highest BCUT2D eigenvalue weighted by Gasteiger charge is 2.08. The Morgan fingerprint density at radius 2 is 1.39 bits per heavy atom. The fourth-order valence-corrected chi connectivity index (χ4v) is 1.82. The average molecular weight is 319 g/mol. The molecule has 0 heterocycles. The number of amides is 1. The first-order valence-corrected chi connectivity index (χ1v) is 6.94. The number of hydrogen-bond acceptors (Lipinski definition) is 3. The zero-order valence-electron chi connectivity index (χ0n) is 12.2. The van der Waals surface area contributed by atoms with Gasteiger partial charge in [0.15, 0.2) is 6.61 Å². The number of esters is 1. The van der Waals surface area contributed by atoms with Crippen molar-refractivity contribution in [3.63, 3.8) is 0 Å². The number of rotatable bonds is 6. The van der Waals surface area contributed by atoms with E-state index in [1.165, 1.54) is 36.4 Å². The molecule has 0 spiro atoms. The molecule has 4 nitrogen and oxygen atoms in total. The molecule has 1 N–H and O–H groups in total. The lowest BCUT2D eigenvalue weighted by Crippen LogP contribution is -2.28. The molecule has 0 aliphatic rings. The zero-order valence-corrected chi connectivity index (χ0v) is 12.2. The number of ether oxygens (including phenoxy) is 1. The molecule has 0 atom stereocenters. The summed E-state index contributed by atoms with van der Waals surface area (Å²) in [6, 6.07) is 11.1. The van der Waals surface area contributed by atoms with Crippen LogP contribution in [0.3, 0.4) is 0 Å². The molecule has 0 aromatic heterocycles. The molecule has 0 bridgehead atoms. The highest BCUT2D eigenvalue weighted by Crippen LogP contribution is 2.04. The molecule has 0 unspecified atom stereocenters. The van der Waals surface area contributed by atoms with Gasteiger partial charge in [-0.05, 0) is 35.4 Å². The summed E-state index contributed by atoms with van der Waals surface area (Å²) in [5.41, 5.74) is 1.33. The van der Waals surface area contributed by atoms with E-state index in [4.69, 9.17) is 4.74 Å². The molecule has 0 radical (unpaired) electrons. The molecule has 120 valence electrons. The van der Waals surface area contributed by atoms with E-state index in [9.17, 15) is 18.4 Å². The Labute approximate surface area is 132 Å². The lowest BCUT2D eigenvalue weighted by Gasteiger charge is -2.07. The van der Waals surface area contributed by atoms with Gasteiger partial charge in [0.25, 0.3) is 5.91 Å². The third-order valence-electron chi connectivity index (χ3n) is 3.03. The van der Waals surface area contributed by atoms with Crippen LogP contribution in [0.4, 0.5) is 8.78 Å². The van der Waals surface area contributed by atoms with E-state index in [0.29, 0.717) is 5.56 Å². The first kappa shape index (κ1) is 16.6. The van der Waals surface area contributed by atoms with Crippen molar-refractivity contribution in [1.29, 1.82) is 0 Å². The minimum Gasteiger partial charge on any atom is -0.455 e. The zero-order chi connectivity index (χ0) is 16.7. The fourth-order valence-electron chi connectivity index (χ4n) is 1.82. The van der Waals surface area contributed by atoms with Crippen molar-refractivity contribution >= 4 is 11.9 Å². The number of halogens is 2. The Kier molecular flexibility index (Phi) is 5.80. The third kappa shape index (κ3) is 5.86. The van der Waals surface area contributed by atoms with Crippen molar-refractivity contribution in [2.75, 3.05) is 6.61 Å². The summed E-state index contributed by atoms with van der Waals surface area (Å²) >= 11 is 0. The Morgan fingerprint density at radius 3 is 1.96 bits per heavy atom. The van der Waals surface area contributed by atoms with E-state index in [1.54, 1.807) is 12.1 Å². The summed E-state index contributed by atoms with van der Waals surface area (Å²) in [6.07, 6.45) is -0.0362. The van der Waals surface area contributed by atoms with E-state index in [-0.39, 0.29) is 24.6 Å². The van der Waals surface area contributed by atoms with Gasteiger partial charge in [-0.15, -0.1) is 0 Å². The van der Waals surface area contributed by atoms with Crippen LogP contribution in [0.15, 0.2) is 48.5 Å². The van der Waals surface area contributed by atoms with Crippen LogP contribution in [0, 0.1) is 11.6 Å². The van der Waals surface area contributed by atoms with Crippen molar-refractivity contribution < 1.29 is 23.1 Å². The number of carbonyl (C=O) groups is 2. The number of benzene rings is 2. The maximum absolute atomic E-state index is 12.7. The molecule has 0 aliphatic heterocycles. The number of nitrogens with one attached hydrogen (secondary N) is 1. The molecule has 2 aromatic rings. The largest absolute Gasteiger partial charge is 0.455 e. The Balaban J connectivity index is 1.70. The van der Waals surface area contributed by atoms with E-state index < -0.39 is 18.5 Å². The normalized spacial score (nSPS) is 10.2. The molecule has 0 fully saturated rings. The fraction of sp³-hybridized carbons (Fsp3) is 0.176. The lowest BCUT2D eigenvalue weighted by molar-refractivity contribution is -0.147. The minimum atomic E-state index is -0.575. The van der Waals surface area contributed by atoms with Crippen LogP contribution < -0.4 is 5.32 Å². The Morgan fingerprint density at radius 1 is 0.870 bits per heavy atom. The second-order valence-electron chi connectivity index (χ2n) is 4.87. The van der Waals surface area contributed by atoms with Crippen molar-refractivity contribution in [1.82, 2.24) is 5.32 Å². The quantitative estimate of drug-likeness (QED) is 0.832. The van der Waals surface area contributed by atoms with Gasteiger partial charge >= 0.3 is 5.97 Å². The van der Waals surface area contributed by atoms with E-state index in [0.717, 1.165) is 5.56 Å². The standard InChI is InChI=1S/C17H15F2NO3/c18-14-5-1-12(2-6-14)9-17(22)23-11-16(21)20-10-13-3-7-15(19)8-4-13/h1-8H,9-11H2,(H,20,21). The predicted octanol–water partition coefficient (Wildman–Crippen LogP) is 2.37. The molecule has 0 aliphatic carbocycles. The number of hydrogen-bond donors (Lipinski definition) is 1. The van der Waals surface area contributed by atoms with Gasteiger partial charge in [0.05, 0.1) is 6.42 Å². The van der Waals surface area contributed by atoms with Gasteiger partial charge in [0.1, 0.15) is 11.6 Å². The van der Waals surface area contributed by atoms with E-state index in [2.05, 4.69) is 5.32 Å². The maximum Gasteiger partial charge on any atom is 0.310 e. The Hall–Kier alpha value is -2.76. The molecule has 23 heavy (non-hydrogen) atoms. The molecule has 0 saturated heterocycles. The summed E-state index contributed by atoms with van der Waals surface area (Å²) in [6.45, 7) is -0.185. The smallest absolute Gasteiger partial charge is 0.310 e. The second kappa shape index (κ2) is 8.03. The van der Waals surface area contributed by atoms with Crippen molar-refractivity contribution in [3.8, 4) is 0 Å². The van der Waals surface area contributed by atoms with Gasteiger partial charge in [0.2, 0.25) is 0 Å². The summed E-state index contributed by atoms with van der Waals surface area (Å²) in [5, 5.41) is 2.56. The molecular formula is C17H15F2NO3. The first-order chi connectivity index (χ1) is 11.0. The molecule has 2 rings (SSSR count). The minimum absolute atomic E-state index is 0.0362. The third-order valence-corrected chi connectivity index (χ3v) is 3.03. The summed E-state index contributed by atoms with van der Waals surface area (Å²) in [7, 11) is 0. The monoisotopic (exact) mass is 319 g/mol. The van der Waals surface area contributed by atoms with Crippen LogP contribution in [-0.4, -0.2) is 18.5 Å². The van der Waals surface area contributed by atoms with Crippen molar-refractivity contribution in [3.05, 3.63) is 71.3 Å². The lowest BCUT2D eigenvalue weighted by atomic mass is 10.1. The topological polar surface area (TPSA) is 55.4 Å². The molecular weight excluding hydrogens is 304 g/mol. The highest BCUT2D eigenvalue weighted by atomic mass is 19.1.